The van der Waals surface area contributed by atoms with Crippen molar-refractivity contribution in [2.45, 2.75) is 17.4 Å². The van der Waals surface area contributed by atoms with Gasteiger partial charge in [-0.1, -0.05) is 6.07 Å². The van der Waals surface area contributed by atoms with Crippen LogP contribution < -0.4 is 0 Å². The molecule has 82 valence electrons. The van der Waals surface area contributed by atoms with Gasteiger partial charge in [0.05, 0.1) is 0 Å². The molecule has 0 heterocycles. The lowest BCUT2D eigenvalue weighted by Gasteiger charge is -2.16. The number of aromatic hydroxyl groups is 1. The quantitative estimate of drug-likeness (QED) is 0.677. The van der Waals surface area contributed by atoms with E-state index in [9.17, 15) is 9.90 Å². The number of carboxylic acid groups (broad SMARTS) is 1. The van der Waals surface area contributed by atoms with E-state index in [2.05, 4.69) is 0 Å². The zero-order valence-corrected chi connectivity index (χ0v) is 8.99. The van der Waals surface area contributed by atoms with Crippen LogP contribution in [0.3, 0.4) is 0 Å². The highest BCUT2D eigenvalue weighted by Gasteiger charge is 2.29. The number of hydrogen-bond acceptors (Lipinski definition) is 4. The Labute approximate surface area is 91.6 Å². The van der Waals surface area contributed by atoms with Gasteiger partial charge in [-0.05, 0) is 25.1 Å². The fourth-order valence-corrected chi connectivity index (χ4v) is 1.81. The molecule has 0 amide bonds. The van der Waals surface area contributed by atoms with Gasteiger partial charge >= 0.3 is 5.97 Å². The zero-order valence-electron chi connectivity index (χ0n) is 8.17. The highest BCUT2D eigenvalue weighted by Crippen LogP contribution is 2.25. The third-order valence-electron chi connectivity index (χ3n) is 1.80. The predicted molar refractivity (Wildman–Crippen MR) is 57.1 cm³/mol. The van der Waals surface area contributed by atoms with Crippen LogP contribution in [0.5, 0.6) is 5.75 Å². The molecule has 3 N–H and O–H groups in total. The Morgan fingerprint density at radius 2 is 2.20 bits per heavy atom. The Morgan fingerprint density at radius 3 is 2.73 bits per heavy atom. The summed E-state index contributed by atoms with van der Waals surface area (Å²) in [6.45, 7) is 1.24. The molecule has 0 aliphatic carbocycles. The molecule has 0 bridgehead atoms. The van der Waals surface area contributed by atoms with Crippen LogP contribution in [0.2, 0.25) is 0 Å². The van der Waals surface area contributed by atoms with Gasteiger partial charge in [0.2, 0.25) is 0 Å². The minimum atomic E-state index is -1.75. The molecule has 0 aliphatic heterocycles. The fourth-order valence-electron chi connectivity index (χ4n) is 0.859. The summed E-state index contributed by atoms with van der Waals surface area (Å²) in [5.41, 5.74) is -1.75. The lowest BCUT2D eigenvalue weighted by atomic mass is 10.1. The van der Waals surface area contributed by atoms with Crippen LogP contribution in [-0.2, 0) is 4.79 Å². The number of aliphatic hydroxyl groups is 1. The second-order valence-corrected chi connectivity index (χ2v) is 4.41. The van der Waals surface area contributed by atoms with Crippen LogP contribution in [0.1, 0.15) is 6.92 Å². The van der Waals surface area contributed by atoms with E-state index in [1.807, 2.05) is 0 Å². The number of benzene rings is 1. The number of rotatable bonds is 4. The summed E-state index contributed by atoms with van der Waals surface area (Å²) in [4.78, 5) is 11.3. The van der Waals surface area contributed by atoms with E-state index in [0.29, 0.717) is 0 Å². The topological polar surface area (TPSA) is 77.8 Å². The van der Waals surface area contributed by atoms with Crippen LogP contribution >= 0.6 is 11.8 Å². The zero-order chi connectivity index (χ0) is 11.5. The molecule has 1 aromatic rings. The van der Waals surface area contributed by atoms with E-state index in [0.717, 1.165) is 4.90 Å². The molecule has 4 nitrogen and oxygen atoms in total. The van der Waals surface area contributed by atoms with E-state index < -0.39 is 11.6 Å². The van der Waals surface area contributed by atoms with Gasteiger partial charge in [0.25, 0.3) is 0 Å². The van der Waals surface area contributed by atoms with Crippen LogP contribution in [0, 0.1) is 0 Å². The molecular weight excluding hydrogens is 216 g/mol. The molecule has 0 saturated carbocycles. The Kier molecular flexibility index (Phi) is 3.60. The maximum atomic E-state index is 10.6. The first-order valence-electron chi connectivity index (χ1n) is 4.29. The Hall–Kier alpha value is -1.20. The van der Waals surface area contributed by atoms with Gasteiger partial charge in [0.1, 0.15) is 5.75 Å². The summed E-state index contributed by atoms with van der Waals surface area (Å²) in [6, 6.07) is 6.44. The van der Waals surface area contributed by atoms with Gasteiger partial charge in [-0.3, -0.25) is 0 Å². The first-order chi connectivity index (χ1) is 6.92. The van der Waals surface area contributed by atoms with Crippen molar-refractivity contribution in [1.82, 2.24) is 0 Å². The SMILES string of the molecule is CC(O)(CSc1cccc(O)c1)C(=O)O. The molecule has 1 aromatic carbocycles. The van der Waals surface area contributed by atoms with Crippen molar-refractivity contribution in [3.05, 3.63) is 24.3 Å². The second kappa shape index (κ2) is 4.55. The molecule has 0 aliphatic rings. The summed E-state index contributed by atoms with van der Waals surface area (Å²) >= 11 is 1.18. The van der Waals surface area contributed by atoms with Crippen molar-refractivity contribution in [1.29, 1.82) is 0 Å². The highest BCUT2D eigenvalue weighted by atomic mass is 32.2. The van der Waals surface area contributed by atoms with Crippen molar-refractivity contribution in [2.75, 3.05) is 5.75 Å². The maximum absolute atomic E-state index is 10.6. The van der Waals surface area contributed by atoms with Crippen molar-refractivity contribution >= 4 is 17.7 Å². The van der Waals surface area contributed by atoms with E-state index in [4.69, 9.17) is 10.2 Å². The third kappa shape index (κ3) is 3.45. The van der Waals surface area contributed by atoms with Crippen molar-refractivity contribution in [2.24, 2.45) is 0 Å². The molecule has 0 spiro atoms. The minimum Gasteiger partial charge on any atom is -0.508 e. The van der Waals surface area contributed by atoms with Gasteiger partial charge in [0.15, 0.2) is 5.60 Å². The van der Waals surface area contributed by atoms with Crippen molar-refractivity contribution in [3.63, 3.8) is 0 Å². The first-order valence-corrected chi connectivity index (χ1v) is 5.28. The molecule has 1 atom stereocenters. The minimum absolute atomic E-state index is 0.0335. The predicted octanol–water partition coefficient (Wildman–Crippen LogP) is 1.32. The summed E-state index contributed by atoms with van der Waals surface area (Å²) in [7, 11) is 0. The number of phenolic OH excluding ortho intramolecular Hbond substituents is 1. The third-order valence-corrected chi connectivity index (χ3v) is 3.09. The summed E-state index contributed by atoms with van der Waals surface area (Å²) in [5, 5.41) is 27.3. The smallest absolute Gasteiger partial charge is 0.336 e. The molecule has 1 unspecified atom stereocenters. The van der Waals surface area contributed by atoms with E-state index in [1.54, 1.807) is 12.1 Å². The van der Waals surface area contributed by atoms with Gasteiger partial charge in [-0.15, -0.1) is 11.8 Å². The summed E-state index contributed by atoms with van der Waals surface area (Å²) < 4.78 is 0. The largest absolute Gasteiger partial charge is 0.508 e. The van der Waals surface area contributed by atoms with Gasteiger partial charge < -0.3 is 15.3 Å². The highest BCUT2D eigenvalue weighted by molar-refractivity contribution is 7.99. The molecule has 5 heteroatoms. The molecule has 0 radical (unpaired) electrons. The fraction of sp³-hybridized carbons (Fsp3) is 0.300. The van der Waals surface area contributed by atoms with Gasteiger partial charge in [0, 0.05) is 10.6 Å². The van der Waals surface area contributed by atoms with Crippen LogP contribution in [0.4, 0.5) is 0 Å². The molecule has 0 saturated heterocycles. The average molecular weight is 228 g/mol. The number of phenols is 1. The lowest BCUT2D eigenvalue weighted by molar-refractivity contribution is -0.154. The van der Waals surface area contributed by atoms with E-state index in [1.165, 1.54) is 30.8 Å². The van der Waals surface area contributed by atoms with Crippen molar-refractivity contribution in [3.8, 4) is 5.75 Å². The van der Waals surface area contributed by atoms with Crippen LogP contribution in [0.15, 0.2) is 29.2 Å². The molecule has 1 rings (SSSR count). The number of hydrogen-bond donors (Lipinski definition) is 3. The molecule has 15 heavy (non-hydrogen) atoms. The molecule has 0 aromatic heterocycles. The molecule has 0 fully saturated rings. The Morgan fingerprint density at radius 1 is 1.53 bits per heavy atom. The monoisotopic (exact) mass is 228 g/mol. The molecular formula is C10H12O4S. The number of carboxylic acids is 1. The number of aliphatic carboxylic acids is 1. The van der Waals surface area contributed by atoms with E-state index >= 15 is 0 Å². The normalized spacial score (nSPS) is 14.5. The van der Waals surface area contributed by atoms with E-state index in [-0.39, 0.29) is 11.5 Å². The van der Waals surface area contributed by atoms with Gasteiger partial charge in [-0.2, -0.15) is 0 Å². The Bertz CT molecular complexity index is 362. The number of thioether (sulfide) groups is 1. The maximum Gasteiger partial charge on any atom is 0.336 e. The van der Waals surface area contributed by atoms with Crippen LogP contribution in [0.25, 0.3) is 0 Å². The van der Waals surface area contributed by atoms with Crippen LogP contribution in [-0.4, -0.2) is 32.6 Å². The average Bonchev–Trinajstić information content (AvgIpc) is 2.15. The lowest BCUT2D eigenvalue weighted by Crippen LogP contribution is -2.37. The summed E-state index contributed by atoms with van der Waals surface area (Å²) in [6.07, 6.45) is 0. The van der Waals surface area contributed by atoms with Crippen molar-refractivity contribution < 1.29 is 20.1 Å². The Balaban J connectivity index is 2.61. The standard InChI is InChI=1S/C10H12O4S/c1-10(14,9(12)13)6-15-8-4-2-3-7(11)5-8/h2-5,11,14H,6H2,1H3,(H,12,13). The number of carbonyl (C=O) groups is 1. The second-order valence-electron chi connectivity index (χ2n) is 3.37. The first kappa shape index (κ1) is 11.9. The summed E-state index contributed by atoms with van der Waals surface area (Å²) in [5.74, 6) is -1.10. The van der Waals surface area contributed by atoms with Gasteiger partial charge in [-0.25, -0.2) is 4.79 Å².